The van der Waals surface area contributed by atoms with Crippen molar-refractivity contribution >= 4 is 17.9 Å². The van der Waals surface area contributed by atoms with Gasteiger partial charge in [0.15, 0.2) is 17.2 Å². The van der Waals surface area contributed by atoms with Gasteiger partial charge in [0.2, 0.25) is 11.6 Å². The maximum absolute atomic E-state index is 12.8. The third-order valence-electron chi connectivity index (χ3n) is 4.91. The zero-order valence-electron chi connectivity index (χ0n) is 17.4. The summed E-state index contributed by atoms with van der Waals surface area (Å²) in [5, 5.41) is 29.2. The van der Waals surface area contributed by atoms with Crippen molar-refractivity contribution in [2.45, 2.75) is 26.3 Å². The van der Waals surface area contributed by atoms with E-state index in [0.29, 0.717) is 30.2 Å². The Bertz CT molecular complexity index is 1120. The van der Waals surface area contributed by atoms with Gasteiger partial charge in [0.1, 0.15) is 0 Å². The van der Waals surface area contributed by atoms with Gasteiger partial charge in [-0.25, -0.2) is 10.1 Å². The number of phenolic OH excluding ortho intramolecular Hbond substituents is 1. The first kappa shape index (κ1) is 21.2. The minimum absolute atomic E-state index is 0.0258. The summed E-state index contributed by atoms with van der Waals surface area (Å²) in [5.41, 5.74) is 9.49. The highest BCUT2D eigenvalue weighted by Crippen LogP contribution is 2.26. The fourth-order valence-electron chi connectivity index (χ4n) is 3.38. The van der Waals surface area contributed by atoms with E-state index in [1.807, 2.05) is 6.92 Å². The molecule has 0 bridgehead atoms. The second-order valence-corrected chi connectivity index (χ2v) is 7.11. The number of aromatic nitrogens is 5. The summed E-state index contributed by atoms with van der Waals surface area (Å²) < 4.78 is 11.4. The van der Waals surface area contributed by atoms with Crippen LogP contribution in [-0.4, -0.2) is 67.1 Å². The number of likely N-dealkylation sites (tertiary alicyclic amines) is 1. The number of nitrogens with one attached hydrogen (secondary N) is 1. The molecule has 1 fully saturated rings. The highest BCUT2D eigenvalue weighted by molar-refractivity contribution is 5.94. The van der Waals surface area contributed by atoms with Crippen molar-refractivity contribution in [3.8, 4) is 17.3 Å². The average molecular weight is 441 g/mol. The number of rotatable bonds is 8. The first-order valence-electron chi connectivity index (χ1n) is 10.1. The first-order valence-corrected chi connectivity index (χ1v) is 10.1. The van der Waals surface area contributed by atoms with E-state index in [1.54, 1.807) is 12.1 Å². The number of aromatic hydroxyl groups is 1. The Balaban J connectivity index is 1.54. The standard InChI is InChI=1S/C19H23N9O4/c1-2-31-15-9-12(5-6-14(15)29)10-21-23-19(30)16-13(11-27-7-3-4-8-27)28(26-22-16)18-17(20)24-32-25-18/h5-6,9-10,29H,2-4,7-8,11H2,1H3,(H2,20,24)(H,23,30)/b21-10+. The van der Waals surface area contributed by atoms with Gasteiger partial charge in [-0.05, 0) is 66.9 Å². The molecule has 1 aliphatic rings. The summed E-state index contributed by atoms with van der Waals surface area (Å²) >= 11 is 0. The molecular formula is C19H23N9O4. The van der Waals surface area contributed by atoms with Gasteiger partial charge in [-0.3, -0.25) is 9.69 Å². The lowest BCUT2D eigenvalue weighted by atomic mass is 10.2. The zero-order chi connectivity index (χ0) is 22.5. The van der Waals surface area contributed by atoms with Crippen LogP contribution in [0, 0.1) is 0 Å². The third-order valence-corrected chi connectivity index (χ3v) is 4.91. The van der Waals surface area contributed by atoms with Crippen molar-refractivity contribution in [1.82, 2.24) is 35.6 Å². The predicted molar refractivity (Wildman–Crippen MR) is 112 cm³/mol. The number of anilines is 1. The average Bonchev–Trinajstić information content (AvgIpc) is 3.52. The van der Waals surface area contributed by atoms with Crippen molar-refractivity contribution in [3.63, 3.8) is 0 Å². The number of hydrogen-bond donors (Lipinski definition) is 3. The molecule has 1 aromatic carbocycles. The number of carbonyl (C=O) groups excluding carboxylic acids is 1. The van der Waals surface area contributed by atoms with Crippen molar-refractivity contribution in [2.75, 3.05) is 25.4 Å². The smallest absolute Gasteiger partial charge is 0.293 e. The topological polar surface area (TPSA) is 170 Å². The number of hydrogen-bond acceptors (Lipinski definition) is 11. The fourth-order valence-corrected chi connectivity index (χ4v) is 3.38. The van der Waals surface area contributed by atoms with E-state index in [0.717, 1.165) is 25.9 Å². The summed E-state index contributed by atoms with van der Waals surface area (Å²) in [6.07, 6.45) is 3.60. The van der Waals surface area contributed by atoms with Crippen LogP contribution in [-0.2, 0) is 6.54 Å². The minimum atomic E-state index is -0.541. The summed E-state index contributed by atoms with van der Waals surface area (Å²) in [5.74, 6) is 0.0255. The molecule has 3 aromatic rings. The molecule has 3 heterocycles. The van der Waals surface area contributed by atoms with E-state index in [1.165, 1.54) is 17.0 Å². The van der Waals surface area contributed by atoms with Gasteiger partial charge < -0.3 is 15.6 Å². The van der Waals surface area contributed by atoms with Crippen molar-refractivity contribution in [3.05, 3.63) is 35.2 Å². The molecule has 0 radical (unpaired) electrons. The highest BCUT2D eigenvalue weighted by atomic mass is 16.6. The van der Waals surface area contributed by atoms with Gasteiger partial charge in [-0.1, -0.05) is 5.21 Å². The number of ether oxygens (including phenoxy) is 1. The van der Waals surface area contributed by atoms with Gasteiger partial charge in [0, 0.05) is 6.54 Å². The van der Waals surface area contributed by atoms with Crippen molar-refractivity contribution < 1.29 is 19.3 Å². The Hall–Kier alpha value is -4.00. The lowest BCUT2D eigenvalue weighted by molar-refractivity contribution is 0.0948. The molecule has 1 saturated heterocycles. The van der Waals surface area contributed by atoms with Crippen LogP contribution in [0.4, 0.5) is 5.82 Å². The van der Waals surface area contributed by atoms with Crippen molar-refractivity contribution in [1.29, 1.82) is 0 Å². The molecule has 0 unspecified atom stereocenters. The number of phenols is 1. The number of nitrogens with zero attached hydrogens (tertiary/aromatic N) is 7. The van der Waals surface area contributed by atoms with Crippen LogP contribution in [0.15, 0.2) is 27.9 Å². The highest BCUT2D eigenvalue weighted by Gasteiger charge is 2.26. The molecule has 1 amide bonds. The molecule has 4 N–H and O–H groups in total. The summed E-state index contributed by atoms with van der Waals surface area (Å²) in [6.45, 7) is 4.46. The Morgan fingerprint density at radius 3 is 2.91 bits per heavy atom. The molecule has 1 aliphatic heterocycles. The lowest BCUT2D eigenvalue weighted by Crippen LogP contribution is -2.25. The van der Waals surface area contributed by atoms with Crippen LogP contribution in [0.1, 0.15) is 41.5 Å². The Kier molecular flexibility index (Phi) is 6.26. The van der Waals surface area contributed by atoms with E-state index >= 15 is 0 Å². The molecule has 2 aromatic heterocycles. The second-order valence-electron chi connectivity index (χ2n) is 7.11. The van der Waals surface area contributed by atoms with Crippen LogP contribution in [0.2, 0.25) is 0 Å². The van der Waals surface area contributed by atoms with Crippen LogP contribution >= 0.6 is 0 Å². The van der Waals surface area contributed by atoms with E-state index in [2.05, 4.69) is 40.7 Å². The fraction of sp³-hybridized carbons (Fsp3) is 0.368. The summed E-state index contributed by atoms with van der Waals surface area (Å²) in [7, 11) is 0. The number of carbonyl (C=O) groups is 1. The van der Waals surface area contributed by atoms with E-state index in [-0.39, 0.29) is 23.1 Å². The molecule has 168 valence electrons. The Morgan fingerprint density at radius 1 is 1.38 bits per heavy atom. The SMILES string of the molecule is CCOc1cc(/C=N/NC(=O)c2nnn(-c3nonc3N)c2CN2CCCC2)ccc1O. The third kappa shape index (κ3) is 4.51. The molecule has 32 heavy (non-hydrogen) atoms. The molecule has 13 nitrogen and oxygen atoms in total. The number of nitrogens with two attached hydrogens (primary N) is 1. The Labute approximate surface area is 182 Å². The predicted octanol–water partition coefficient (Wildman–Crippen LogP) is 0.696. The van der Waals surface area contributed by atoms with Crippen molar-refractivity contribution in [2.24, 2.45) is 5.10 Å². The summed E-state index contributed by atoms with van der Waals surface area (Å²) in [4.78, 5) is 15.0. The van der Waals surface area contributed by atoms with Gasteiger partial charge >= 0.3 is 0 Å². The molecule has 4 rings (SSSR count). The molecule has 0 spiro atoms. The van der Waals surface area contributed by atoms with Crippen LogP contribution < -0.4 is 15.9 Å². The zero-order valence-corrected chi connectivity index (χ0v) is 17.4. The largest absolute Gasteiger partial charge is 0.504 e. The maximum atomic E-state index is 12.8. The summed E-state index contributed by atoms with van der Waals surface area (Å²) in [6, 6.07) is 4.75. The van der Waals surface area contributed by atoms with Gasteiger partial charge in [-0.2, -0.15) is 9.78 Å². The number of amides is 1. The first-order chi connectivity index (χ1) is 15.6. The Morgan fingerprint density at radius 2 is 2.19 bits per heavy atom. The molecular weight excluding hydrogens is 418 g/mol. The second kappa shape index (κ2) is 9.43. The van der Waals surface area contributed by atoms with E-state index in [4.69, 9.17) is 10.5 Å². The normalized spacial score (nSPS) is 14.3. The molecule has 0 aliphatic carbocycles. The molecule has 0 atom stereocenters. The molecule has 0 saturated carbocycles. The number of benzene rings is 1. The van der Waals surface area contributed by atoms with Gasteiger partial charge in [0.05, 0.1) is 18.5 Å². The van der Waals surface area contributed by atoms with Crippen LogP contribution in [0.5, 0.6) is 11.5 Å². The van der Waals surface area contributed by atoms with Gasteiger partial charge in [0.25, 0.3) is 5.91 Å². The lowest BCUT2D eigenvalue weighted by Gasteiger charge is -2.15. The minimum Gasteiger partial charge on any atom is -0.504 e. The number of nitrogen functional groups attached to an aromatic ring is 1. The van der Waals surface area contributed by atoms with E-state index < -0.39 is 5.91 Å². The van der Waals surface area contributed by atoms with Crippen LogP contribution in [0.3, 0.4) is 0 Å². The van der Waals surface area contributed by atoms with Crippen LogP contribution in [0.25, 0.3) is 5.82 Å². The van der Waals surface area contributed by atoms with Gasteiger partial charge in [-0.15, -0.1) is 5.10 Å². The molecule has 13 heteroatoms. The monoisotopic (exact) mass is 441 g/mol. The quantitative estimate of drug-likeness (QED) is 0.334. The van der Waals surface area contributed by atoms with E-state index in [9.17, 15) is 9.90 Å². The number of hydrazone groups is 1. The maximum Gasteiger partial charge on any atom is 0.293 e.